The van der Waals surface area contributed by atoms with Crippen LogP contribution in [-0.4, -0.2) is 65.7 Å². The molecule has 2 atom stereocenters. The van der Waals surface area contributed by atoms with Crippen molar-refractivity contribution in [3.63, 3.8) is 0 Å². The van der Waals surface area contributed by atoms with E-state index in [1.807, 2.05) is 49.9 Å². The summed E-state index contributed by atoms with van der Waals surface area (Å²) in [4.78, 5) is 17.4. The average Bonchev–Trinajstić information content (AvgIpc) is 2.65. The van der Waals surface area contributed by atoms with Crippen molar-refractivity contribution in [1.82, 2.24) is 9.80 Å². The Kier molecular flexibility index (Phi) is 5.96. The first-order valence-corrected chi connectivity index (χ1v) is 10.0. The molecule has 1 saturated heterocycles. The maximum atomic E-state index is 13.2. The van der Waals surface area contributed by atoms with Gasteiger partial charge in [0.15, 0.2) is 0 Å². The number of piperazine rings is 1. The number of ether oxygens (including phenoxy) is 1. The molecule has 0 aliphatic carbocycles. The van der Waals surface area contributed by atoms with Crippen molar-refractivity contribution in [2.24, 2.45) is 0 Å². The van der Waals surface area contributed by atoms with Crippen LogP contribution in [0.4, 0.5) is 0 Å². The number of amides is 1. The number of carbonyl (C=O) groups is 1. The Morgan fingerprint density at radius 1 is 1.21 bits per heavy atom. The van der Waals surface area contributed by atoms with E-state index in [1.165, 1.54) is 0 Å². The Bertz CT molecular complexity index is 843. The van der Waals surface area contributed by atoms with Crippen molar-refractivity contribution >= 4 is 16.7 Å². The van der Waals surface area contributed by atoms with E-state index in [0.29, 0.717) is 13.1 Å². The highest BCUT2D eigenvalue weighted by molar-refractivity contribution is 5.88. The standard InChI is InChI=1S/C23H32N2O3/c1-16-14-24(15-23(3,4)27)10-11-25(16)22(26)17(2)18-6-7-20-13-21(28-5)9-8-19(20)12-18/h6-9,12-13,16-17,27H,10-11,14-15H2,1-5H3/t16-,17-/m0/s1. The SMILES string of the molecule is COc1ccc2cc([C@H](C)C(=O)N3CCN(CC(C)(C)O)C[C@@H]3C)ccc2c1. The third kappa shape index (κ3) is 4.65. The molecule has 2 aromatic carbocycles. The Balaban J connectivity index is 1.71. The van der Waals surface area contributed by atoms with Gasteiger partial charge in [-0.1, -0.05) is 24.3 Å². The van der Waals surface area contributed by atoms with E-state index in [0.717, 1.165) is 35.2 Å². The maximum Gasteiger partial charge on any atom is 0.230 e. The Labute approximate surface area is 167 Å². The van der Waals surface area contributed by atoms with Gasteiger partial charge in [0, 0.05) is 32.2 Å². The molecule has 5 nitrogen and oxygen atoms in total. The molecule has 1 fully saturated rings. The third-order valence-corrected chi connectivity index (χ3v) is 5.55. The molecule has 28 heavy (non-hydrogen) atoms. The molecule has 1 heterocycles. The van der Waals surface area contributed by atoms with Gasteiger partial charge in [-0.2, -0.15) is 0 Å². The molecule has 1 aliphatic rings. The summed E-state index contributed by atoms with van der Waals surface area (Å²) in [6, 6.07) is 12.3. The number of β-amino-alcohol motifs (C(OH)–C–C–N with tert-alkyl or cyclic N) is 1. The van der Waals surface area contributed by atoms with Gasteiger partial charge >= 0.3 is 0 Å². The summed E-state index contributed by atoms with van der Waals surface area (Å²) in [6.45, 7) is 10.6. The van der Waals surface area contributed by atoms with Crippen LogP contribution in [0.5, 0.6) is 5.75 Å². The normalized spacial score (nSPS) is 19.6. The number of methoxy groups -OCH3 is 1. The van der Waals surface area contributed by atoms with E-state index in [1.54, 1.807) is 7.11 Å². The molecule has 3 rings (SSSR count). The van der Waals surface area contributed by atoms with Crippen LogP contribution >= 0.6 is 0 Å². The van der Waals surface area contributed by atoms with E-state index >= 15 is 0 Å². The smallest absolute Gasteiger partial charge is 0.230 e. The predicted molar refractivity (Wildman–Crippen MR) is 113 cm³/mol. The molecule has 5 heteroatoms. The van der Waals surface area contributed by atoms with E-state index < -0.39 is 5.60 Å². The van der Waals surface area contributed by atoms with Crippen LogP contribution in [-0.2, 0) is 4.79 Å². The highest BCUT2D eigenvalue weighted by Crippen LogP contribution is 2.27. The molecule has 0 spiro atoms. The largest absolute Gasteiger partial charge is 0.497 e. The lowest BCUT2D eigenvalue weighted by Gasteiger charge is -2.42. The van der Waals surface area contributed by atoms with E-state index in [2.05, 4.69) is 24.0 Å². The molecule has 152 valence electrons. The van der Waals surface area contributed by atoms with E-state index in [9.17, 15) is 9.90 Å². The summed E-state index contributed by atoms with van der Waals surface area (Å²) >= 11 is 0. The monoisotopic (exact) mass is 384 g/mol. The zero-order valence-electron chi connectivity index (χ0n) is 17.6. The molecule has 1 aliphatic heterocycles. The van der Waals surface area contributed by atoms with Crippen LogP contribution in [0.3, 0.4) is 0 Å². The molecule has 0 radical (unpaired) electrons. The number of hydrogen-bond acceptors (Lipinski definition) is 4. The molecular weight excluding hydrogens is 352 g/mol. The number of aliphatic hydroxyl groups is 1. The van der Waals surface area contributed by atoms with Gasteiger partial charge in [0.2, 0.25) is 5.91 Å². The minimum Gasteiger partial charge on any atom is -0.497 e. The van der Waals surface area contributed by atoms with Crippen LogP contribution < -0.4 is 4.74 Å². The van der Waals surface area contributed by atoms with E-state index in [4.69, 9.17) is 4.74 Å². The number of benzene rings is 2. The highest BCUT2D eigenvalue weighted by Gasteiger charge is 2.32. The van der Waals surface area contributed by atoms with Crippen LogP contribution in [0, 0.1) is 0 Å². The number of rotatable bonds is 5. The lowest BCUT2D eigenvalue weighted by molar-refractivity contribution is -0.137. The zero-order valence-corrected chi connectivity index (χ0v) is 17.6. The van der Waals surface area contributed by atoms with Crippen LogP contribution in [0.25, 0.3) is 10.8 Å². The molecule has 0 bridgehead atoms. The average molecular weight is 385 g/mol. The van der Waals surface area contributed by atoms with Crippen molar-refractivity contribution in [1.29, 1.82) is 0 Å². The second-order valence-corrected chi connectivity index (χ2v) is 8.62. The number of fused-ring (bicyclic) bond motifs is 1. The minimum absolute atomic E-state index is 0.135. The Morgan fingerprint density at radius 3 is 2.54 bits per heavy atom. The zero-order chi connectivity index (χ0) is 20.5. The summed E-state index contributed by atoms with van der Waals surface area (Å²) in [5.74, 6) is 0.820. The van der Waals surface area contributed by atoms with Gasteiger partial charge in [-0.05, 0) is 56.2 Å². The van der Waals surface area contributed by atoms with Gasteiger partial charge in [0.1, 0.15) is 5.75 Å². The Hall–Kier alpha value is -2.11. The lowest BCUT2D eigenvalue weighted by atomic mass is 9.95. The van der Waals surface area contributed by atoms with E-state index in [-0.39, 0.29) is 17.9 Å². The summed E-state index contributed by atoms with van der Waals surface area (Å²) in [5, 5.41) is 12.3. The van der Waals surface area contributed by atoms with Crippen LogP contribution in [0.15, 0.2) is 36.4 Å². The topological polar surface area (TPSA) is 53.0 Å². The summed E-state index contributed by atoms with van der Waals surface area (Å²) < 4.78 is 5.29. The van der Waals surface area contributed by atoms with Crippen molar-refractivity contribution in [3.05, 3.63) is 42.0 Å². The minimum atomic E-state index is -0.715. The summed E-state index contributed by atoms with van der Waals surface area (Å²) in [5.41, 5.74) is 0.321. The lowest BCUT2D eigenvalue weighted by Crippen LogP contribution is -2.56. The molecule has 0 aromatic heterocycles. The first-order chi connectivity index (χ1) is 13.2. The van der Waals surface area contributed by atoms with Gasteiger partial charge in [-0.15, -0.1) is 0 Å². The third-order valence-electron chi connectivity index (χ3n) is 5.55. The van der Waals surface area contributed by atoms with Gasteiger partial charge in [0.25, 0.3) is 0 Å². The summed E-state index contributed by atoms with van der Waals surface area (Å²) in [7, 11) is 1.67. The first kappa shape index (κ1) is 20.6. The molecule has 0 unspecified atom stereocenters. The molecule has 0 saturated carbocycles. The van der Waals surface area contributed by atoms with Crippen LogP contribution in [0.1, 0.15) is 39.2 Å². The van der Waals surface area contributed by atoms with Gasteiger partial charge in [0.05, 0.1) is 18.6 Å². The van der Waals surface area contributed by atoms with Crippen molar-refractivity contribution in [3.8, 4) is 5.75 Å². The first-order valence-electron chi connectivity index (χ1n) is 10.0. The van der Waals surface area contributed by atoms with Gasteiger partial charge in [-0.25, -0.2) is 0 Å². The maximum absolute atomic E-state index is 13.2. The fraction of sp³-hybridized carbons (Fsp3) is 0.522. The number of carbonyl (C=O) groups excluding carboxylic acids is 1. The molecule has 1 amide bonds. The number of hydrogen-bond donors (Lipinski definition) is 1. The van der Waals surface area contributed by atoms with Crippen molar-refractivity contribution in [2.45, 2.75) is 45.3 Å². The molecule has 2 aromatic rings. The highest BCUT2D eigenvalue weighted by atomic mass is 16.5. The Morgan fingerprint density at radius 2 is 1.89 bits per heavy atom. The van der Waals surface area contributed by atoms with Gasteiger partial charge in [-0.3, -0.25) is 9.69 Å². The molecular formula is C23H32N2O3. The second kappa shape index (κ2) is 8.10. The predicted octanol–water partition coefficient (Wildman–Crippen LogP) is 3.26. The fourth-order valence-corrected chi connectivity index (χ4v) is 4.08. The van der Waals surface area contributed by atoms with Crippen LogP contribution in [0.2, 0.25) is 0 Å². The van der Waals surface area contributed by atoms with Crippen molar-refractivity contribution < 1.29 is 14.6 Å². The second-order valence-electron chi connectivity index (χ2n) is 8.62. The molecule has 1 N–H and O–H groups in total. The number of nitrogens with zero attached hydrogens (tertiary/aromatic N) is 2. The van der Waals surface area contributed by atoms with Gasteiger partial charge < -0.3 is 14.7 Å². The summed E-state index contributed by atoms with van der Waals surface area (Å²) in [6.07, 6.45) is 0. The van der Waals surface area contributed by atoms with Crippen molar-refractivity contribution in [2.75, 3.05) is 33.3 Å². The fourth-order valence-electron chi connectivity index (χ4n) is 4.08. The quantitative estimate of drug-likeness (QED) is 0.860.